The van der Waals surface area contributed by atoms with Gasteiger partial charge < -0.3 is 20.1 Å². The lowest BCUT2D eigenvalue weighted by Gasteiger charge is -2.33. The number of carbonyl (C=O) groups excluding carboxylic acids is 1. The Balaban J connectivity index is 1.31. The van der Waals surface area contributed by atoms with E-state index in [1.165, 1.54) is 6.20 Å². The van der Waals surface area contributed by atoms with E-state index in [2.05, 4.69) is 25.7 Å². The summed E-state index contributed by atoms with van der Waals surface area (Å²) in [5.74, 6) is -0.300. The number of ether oxygens (including phenoxy) is 2. The molecule has 0 spiro atoms. The first-order valence-corrected chi connectivity index (χ1v) is 12.2. The molecule has 1 amide bonds. The van der Waals surface area contributed by atoms with Crippen LogP contribution in [-0.2, 0) is 9.47 Å². The smallest absolute Gasteiger partial charge is 0.254 e. The molecule has 2 fully saturated rings. The van der Waals surface area contributed by atoms with Crippen LogP contribution in [0.3, 0.4) is 0 Å². The molecule has 5 rings (SSSR count). The van der Waals surface area contributed by atoms with Crippen LogP contribution in [0.4, 0.5) is 10.1 Å². The minimum atomic E-state index is -1.27. The van der Waals surface area contributed by atoms with Crippen molar-refractivity contribution in [1.82, 2.24) is 24.9 Å². The number of nitrogens with zero attached hydrogens (tertiary/aromatic N) is 4. The number of rotatable bonds is 8. The van der Waals surface area contributed by atoms with Gasteiger partial charge in [-0.3, -0.25) is 9.78 Å². The highest BCUT2D eigenvalue weighted by atomic mass is 35.5. The largest absolute Gasteiger partial charge is 0.381 e. The fourth-order valence-corrected chi connectivity index (χ4v) is 4.71. The standard InChI is InChI=1S/C24H28ClFN6O3/c1-34-17-2-4-24(26,5-3-17)6-7-27-23(33)19-10-28-20(8-21(19)31-16-13-35-14-16)18-11-30-32-12-15(25)9-29-22(18)32/h8-12,16-17H,2-7,13-14H2,1H3,(H,27,33)(H,28,31). The molecule has 3 aromatic rings. The molecule has 1 aliphatic heterocycles. The molecule has 1 saturated carbocycles. The predicted octanol–water partition coefficient (Wildman–Crippen LogP) is 3.67. The van der Waals surface area contributed by atoms with Gasteiger partial charge in [0.2, 0.25) is 0 Å². The van der Waals surface area contributed by atoms with Crippen molar-refractivity contribution in [2.75, 3.05) is 32.2 Å². The molecule has 0 radical (unpaired) electrons. The van der Waals surface area contributed by atoms with E-state index < -0.39 is 5.67 Å². The first kappa shape index (κ1) is 23.9. The molecule has 186 valence electrons. The predicted molar refractivity (Wildman–Crippen MR) is 130 cm³/mol. The van der Waals surface area contributed by atoms with E-state index in [0.29, 0.717) is 72.1 Å². The highest BCUT2D eigenvalue weighted by molar-refractivity contribution is 6.30. The normalized spacial score (nSPS) is 22.7. The van der Waals surface area contributed by atoms with E-state index >= 15 is 4.39 Å². The number of amides is 1. The van der Waals surface area contributed by atoms with E-state index in [1.807, 2.05) is 6.07 Å². The van der Waals surface area contributed by atoms with E-state index in [4.69, 9.17) is 21.1 Å². The Labute approximate surface area is 207 Å². The number of methoxy groups -OCH3 is 1. The van der Waals surface area contributed by atoms with Crippen molar-refractivity contribution in [1.29, 1.82) is 0 Å². The van der Waals surface area contributed by atoms with Crippen molar-refractivity contribution in [3.8, 4) is 11.3 Å². The first-order chi connectivity index (χ1) is 16.9. The Morgan fingerprint density at radius 2 is 2.09 bits per heavy atom. The number of carbonyl (C=O) groups is 1. The van der Waals surface area contributed by atoms with Crippen LogP contribution in [0.2, 0.25) is 5.02 Å². The summed E-state index contributed by atoms with van der Waals surface area (Å²) in [5.41, 5.74) is 1.69. The molecule has 2 N–H and O–H groups in total. The Morgan fingerprint density at radius 1 is 1.29 bits per heavy atom. The van der Waals surface area contributed by atoms with E-state index in [0.717, 1.165) is 0 Å². The number of alkyl halides is 1. The van der Waals surface area contributed by atoms with Crippen LogP contribution in [0.15, 0.2) is 30.9 Å². The summed E-state index contributed by atoms with van der Waals surface area (Å²) >= 11 is 6.01. The van der Waals surface area contributed by atoms with Gasteiger partial charge in [0.1, 0.15) is 5.67 Å². The number of halogens is 2. The van der Waals surface area contributed by atoms with Gasteiger partial charge in [-0.2, -0.15) is 5.10 Å². The molecule has 3 aromatic heterocycles. The summed E-state index contributed by atoms with van der Waals surface area (Å²) in [4.78, 5) is 21.9. The maximum Gasteiger partial charge on any atom is 0.254 e. The van der Waals surface area contributed by atoms with Gasteiger partial charge >= 0.3 is 0 Å². The van der Waals surface area contributed by atoms with Crippen molar-refractivity contribution >= 4 is 28.8 Å². The van der Waals surface area contributed by atoms with Gasteiger partial charge in [-0.1, -0.05) is 11.6 Å². The monoisotopic (exact) mass is 502 g/mol. The van der Waals surface area contributed by atoms with Gasteiger partial charge in [-0.15, -0.1) is 0 Å². The minimum absolute atomic E-state index is 0.0997. The van der Waals surface area contributed by atoms with E-state index in [9.17, 15) is 4.79 Å². The van der Waals surface area contributed by atoms with Crippen molar-refractivity contribution in [3.05, 3.63) is 41.4 Å². The third kappa shape index (κ3) is 5.24. The molecule has 2 aliphatic rings. The number of pyridine rings is 1. The van der Waals surface area contributed by atoms with Crippen LogP contribution in [-0.4, -0.2) is 70.2 Å². The zero-order valence-electron chi connectivity index (χ0n) is 19.5. The number of anilines is 1. The second kappa shape index (κ2) is 10.0. The van der Waals surface area contributed by atoms with Crippen LogP contribution < -0.4 is 10.6 Å². The quantitative estimate of drug-likeness (QED) is 0.484. The fraction of sp³-hybridized carbons (Fsp3) is 0.500. The number of aromatic nitrogens is 4. The summed E-state index contributed by atoms with van der Waals surface area (Å²) in [6, 6.07) is 1.91. The zero-order chi connectivity index (χ0) is 24.4. The average molecular weight is 503 g/mol. The van der Waals surface area contributed by atoms with Gasteiger partial charge in [0.15, 0.2) is 5.65 Å². The molecule has 1 saturated heterocycles. The fourth-order valence-electron chi connectivity index (χ4n) is 4.56. The molecule has 0 atom stereocenters. The van der Waals surface area contributed by atoms with E-state index in [1.54, 1.807) is 30.2 Å². The lowest BCUT2D eigenvalue weighted by molar-refractivity contribution is 0.00439. The number of fused-ring (bicyclic) bond motifs is 1. The van der Waals surface area contributed by atoms with Gasteiger partial charge in [0.25, 0.3) is 5.91 Å². The minimum Gasteiger partial charge on any atom is -0.381 e. The summed E-state index contributed by atoms with van der Waals surface area (Å²) in [6.45, 7) is 1.37. The zero-order valence-corrected chi connectivity index (χ0v) is 20.2. The molecule has 11 heteroatoms. The second-order valence-corrected chi connectivity index (χ2v) is 9.62. The molecule has 4 heterocycles. The van der Waals surface area contributed by atoms with Crippen molar-refractivity contribution in [2.24, 2.45) is 0 Å². The lowest BCUT2D eigenvalue weighted by atomic mass is 9.82. The number of hydrogen-bond donors (Lipinski definition) is 2. The molecule has 9 nitrogen and oxygen atoms in total. The van der Waals surface area contributed by atoms with E-state index in [-0.39, 0.29) is 31.0 Å². The number of nitrogens with one attached hydrogen (secondary N) is 2. The Morgan fingerprint density at radius 3 is 2.80 bits per heavy atom. The van der Waals surface area contributed by atoms with Gasteiger partial charge in [0, 0.05) is 26.0 Å². The highest BCUT2D eigenvalue weighted by Gasteiger charge is 2.35. The molecule has 0 bridgehead atoms. The third-order valence-corrected chi connectivity index (χ3v) is 6.96. The van der Waals surface area contributed by atoms with Crippen molar-refractivity contribution in [3.63, 3.8) is 0 Å². The summed E-state index contributed by atoms with van der Waals surface area (Å²) in [5, 5.41) is 11.0. The Bertz CT molecular complexity index is 1210. The lowest BCUT2D eigenvalue weighted by Crippen LogP contribution is -2.41. The number of hydrogen-bond acceptors (Lipinski definition) is 7. The SMILES string of the molecule is COC1CCC(F)(CCNC(=O)c2cnc(-c3cnn4cc(Cl)cnc34)cc2NC2COC2)CC1. The molecular formula is C24H28ClFN6O3. The molecule has 0 aromatic carbocycles. The highest BCUT2D eigenvalue weighted by Crippen LogP contribution is 2.35. The Kier molecular flexibility index (Phi) is 6.86. The van der Waals surface area contributed by atoms with Crippen LogP contribution in [0.1, 0.15) is 42.5 Å². The topological polar surface area (TPSA) is 103 Å². The molecular weight excluding hydrogens is 475 g/mol. The molecule has 1 aliphatic carbocycles. The van der Waals surface area contributed by atoms with Crippen LogP contribution in [0, 0.1) is 0 Å². The van der Waals surface area contributed by atoms with Crippen molar-refractivity contribution in [2.45, 2.75) is 49.9 Å². The summed E-state index contributed by atoms with van der Waals surface area (Å²) in [6.07, 6.45) is 9.11. The third-order valence-electron chi connectivity index (χ3n) is 6.77. The van der Waals surface area contributed by atoms with Crippen LogP contribution in [0.5, 0.6) is 0 Å². The van der Waals surface area contributed by atoms with Gasteiger partial charge in [-0.05, 0) is 38.2 Å². The summed E-state index contributed by atoms with van der Waals surface area (Å²) in [7, 11) is 1.67. The maximum atomic E-state index is 15.1. The average Bonchev–Trinajstić information content (AvgIpc) is 3.24. The molecule has 35 heavy (non-hydrogen) atoms. The van der Waals surface area contributed by atoms with Gasteiger partial charge in [0.05, 0.1) is 65.3 Å². The maximum absolute atomic E-state index is 15.1. The second-order valence-electron chi connectivity index (χ2n) is 9.18. The first-order valence-electron chi connectivity index (χ1n) is 11.8. The Hall–Kier alpha value is -2.82. The van der Waals surface area contributed by atoms with Gasteiger partial charge in [-0.25, -0.2) is 13.9 Å². The van der Waals surface area contributed by atoms with Crippen molar-refractivity contribution < 1.29 is 18.7 Å². The summed E-state index contributed by atoms with van der Waals surface area (Å²) < 4.78 is 27.3. The van der Waals surface area contributed by atoms with Crippen LogP contribution >= 0.6 is 11.6 Å². The van der Waals surface area contributed by atoms with Crippen LogP contribution in [0.25, 0.3) is 16.9 Å². The molecule has 0 unspecified atom stereocenters.